The van der Waals surface area contributed by atoms with Gasteiger partial charge in [0, 0.05) is 10.9 Å². The lowest BCUT2D eigenvalue weighted by Crippen LogP contribution is -1.94. The molecule has 0 saturated carbocycles. The number of aromatic nitrogens is 1. The molecule has 0 fully saturated rings. The molecule has 0 spiro atoms. The lowest BCUT2D eigenvalue weighted by molar-refractivity contribution is 1.27. The molecule has 0 aliphatic carbocycles. The van der Waals surface area contributed by atoms with Crippen LogP contribution in [0.3, 0.4) is 0 Å². The Morgan fingerprint density at radius 2 is 2.30 bits per heavy atom. The summed E-state index contributed by atoms with van der Waals surface area (Å²) in [7, 11) is 0. The van der Waals surface area contributed by atoms with Gasteiger partial charge in [-0.1, -0.05) is 33.6 Å². The zero-order valence-electron chi connectivity index (χ0n) is 5.14. The molecule has 54 valence electrons. The van der Waals surface area contributed by atoms with E-state index in [1.165, 1.54) is 0 Å². The number of nitrogens with zero attached hydrogens (tertiary/aromatic N) is 1. The maximum absolute atomic E-state index is 5.57. The van der Waals surface area contributed by atoms with Gasteiger partial charge in [-0.2, -0.15) is 0 Å². The molecule has 0 saturated heterocycles. The van der Waals surface area contributed by atoms with Gasteiger partial charge in [0.05, 0.1) is 0 Å². The number of hydrogen-bond donors (Lipinski definition) is 1. The average molecular weight is 221 g/mol. The van der Waals surface area contributed by atoms with Gasteiger partial charge >= 0.3 is 0 Å². The summed E-state index contributed by atoms with van der Waals surface area (Å²) >= 11 is 8.84. The SMILES string of the molecule is Nc1nc(Cl)ccc1CBr. The van der Waals surface area contributed by atoms with Gasteiger partial charge in [0.25, 0.3) is 0 Å². The highest BCUT2D eigenvalue weighted by Gasteiger charge is 1.97. The van der Waals surface area contributed by atoms with E-state index in [-0.39, 0.29) is 0 Å². The normalized spacial score (nSPS) is 9.80. The molecule has 1 rings (SSSR count). The summed E-state index contributed by atoms with van der Waals surface area (Å²) in [5, 5.41) is 1.14. The summed E-state index contributed by atoms with van der Waals surface area (Å²) in [5.41, 5.74) is 6.47. The number of halogens is 2. The van der Waals surface area contributed by atoms with Gasteiger partial charge in [0.2, 0.25) is 0 Å². The molecule has 1 aromatic rings. The van der Waals surface area contributed by atoms with Crippen LogP contribution in [0, 0.1) is 0 Å². The van der Waals surface area contributed by atoms with E-state index >= 15 is 0 Å². The lowest BCUT2D eigenvalue weighted by Gasteiger charge is -1.98. The molecule has 2 N–H and O–H groups in total. The second-order valence-corrected chi connectivity index (χ2v) is 2.76. The van der Waals surface area contributed by atoms with Crippen molar-refractivity contribution >= 4 is 33.3 Å². The first kappa shape index (κ1) is 7.82. The molecule has 0 atom stereocenters. The van der Waals surface area contributed by atoms with E-state index in [2.05, 4.69) is 20.9 Å². The van der Waals surface area contributed by atoms with Gasteiger partial charge in [-0.05, 0) is 6.07 Å². The summed E-state index contributed by atoms with van der Waals surface area (Å²) in [6.45, 7) is 0. The van der Waals surface area contributed by atoms with E-state index in [0.29, 0.717) is 16.3 Å². The van der Waals surface area contributed by atoms with Crippen LogP contribution < -0.4 is 5.73 Å². The van der Waals surface area contributed by atoms with Crippen LogP contribution in [-0.2, 0) is 5.33 Å². The standard InChI is InChI=1S/C6H6BrClN2/c7-3-4-1-2-5(8)10-6(4)9/h1-2H,3H2,(H2,9,10). The van der Waals surface area contributed by atoms with Gasteiger partial charge in [0.15, 0.2) is 0 Å². The van der Waals surface area contributed by atoms with E-state index in [9.17, 15) is 0 Å². The van der Waals surface area contributed by atoms with Crippen molar-refractivity contribution in [2.45, 2.75) is 5.33 Å². The Morgan fingerprint density at radius 3 is 2.80 bits per heavy atom. The van der Waals surface area contributed by atoms with Gasteiger partial charge < -0.3 is 5.73 Å². The Morgan fingerprint density at radius 1 is 1.60 bits per heavy atom. The van der Waals surface area contributed by atoms with Crippen molar-refractivity contribution in [1.29, 1.82) is 0 Å². The zero-order valence-corrected chi connectivity index (χ0v) is 7.48. The fourth-order valence-electron chi connectivity index (χ4n) is 0.592. The fourth-order valence-corrected chi connectivity index (χ4v) is 1.22. The predicted molar refractivity (Wildman–Crippen MR) is 46.3 cm³/mol. The summed E-state index contributed by atoms with van der Waals surface area (Å²) in [5.74, 6) is 0.490. The number of alkyl halides is 1. The Labute approximate surface area is 72.5 Å². The third kappa shape index (κ3) is 1.61. The van der Waals surface area contributed by atoms with Crippen molar-refractivity contribution in [1.82, 2.24) is 4.98 Å². The number of pyridine rings is 1. The molecule has 1 aromatic heterocycles. The van der Waals surface area contributed by atoms with E-state index in [1.54, 1.807) is 6.07 Å². The molecule has 0 aliphatic rings. The van der Waals surface area contributed by atoms with E-state index < -0.39 is 0 Å². The van der Waals surface area contributed by atoms with Crippen LogP contribution in [-0.4, -0.2) is 4.98 Å². The van der Waals surface area contributed by atoms with Crippen LogP contribution >= 0.6 is 27.5 Å². The second kappa shape index (κ2) is 3.21. The summed E-state index contributed by atoms with van der Waals surface area (Å²) in [6, 6.07) is 3.56. The first-order chi connectivity index (χ1) is 4.74. The molecule has 0 aromatic carbocycles. The fraction of sp³-hybridized carbons (Fsp3) is 0.167. The minimum Gasteiger partial charge on any atom is -0.383 e. The van der Waals surface area contributed by atoms with E-state index in [4.69, 9.17) is 17.3 Å². The minimum absolute atomic E-state index is 0.433. The van der Waals surface area contributed by atoms with E-state index in [1.807, 2.05) is 6.07 Å². The van der Waals surface area contributed by atoms with Crippen LogP contribution in [0.25, 0.3) is 0 Å². The van der Waals surface area contributed by atoms with Crippen LogP contribution in [0.4, 0.5) is 5.82 Å². The van der Waals surface area contributed by atoms with Crippen molar-refractivity contribution in [2.24, 2.45) is 0 Å². The minimum atomic E-state index is 0.433. The molecule has 0 bridgehead atoms. The third-order valence-corrected chi connectivity index (χ3v) is 1.94. The molecule has 0 unspecified atom stereocenters. The van der Waals surface area contributed by atoms with Crippen molar-refractivity contribution < 1.29 is 0 Å². The highest BCUT2D eigenvalue weighted by atomic mass is 79.9. The number of hydrogen-bond acceptors (Lipinski definition) is 2. The summed E-state index contributed by atoms with van der Waals surface area (Å²) in [4.78, 5) is 3.86. The van der Waals surface area contributed by atoms with Gasteiger partial charge in [-0.3, -0.25) is 0 Å². The molecular formula is C6H6BrClN2. The van der Waals surface area contributed by atoms with Crippen molar-refractivity contribution in [3.8, 4) is 0 Å². The van der Waals surface area contributed by atoms with Gasteiger partial charge in [0.1, 0.15) is 11.0 Å². The zero-order chi connectivity index (χ0) is 7.56. The van der Waals surface area contributed by atoms with Crippen LogP contribution in [0.1, 0.15) is 5.56 Å². The molecule has 0 amide bonds. The summed E-state index contributed by atoms with van der Waals surface area (Å²) < 4.78 is 0. The van der Waals surface area contributed by atoms with Crippen LogP contribution in [0.5, 0.6) is 0 Å². The van der Waals surface area contributed by atoms with Crippen molar-refractivity contribution in [3.63, 3.8) is 0 Å². The van der Waals surface area contributed by atoms with E-state index in [0.717, 1.165) is 5.56 Å². The molecule has 2 nitrogen and oxygen atoms in total. The van der Waals surface area contributed by atoms with Crippen molar-refractivity contribution in [2.75, 3.05) is 5.73 Å². The number of anilines is 1. The quantitative estimate of drug-likeness (QED) is 0.583. The molecule has 0 radical (unpaired) electrons. The molecule has 4 heteroatoms. The monoisotopic (exact) mass is 220 g/mol. The number of nitrogens with two attached hydrogens (primary N) is 1. The maximum atomic E-state index is 5.57. The topological polar surface area (TPSA) is 38.9 Å². The molecule has 10 heavy (non-hydrogen) atoms. The Hall–Kier alpha value is -0.280. The third-order valence-electron chi connectivity index (χ3n) is 1.12. The van der Waals surface area contributed by atoms with Crippen LogP contribution in [0.2, 0.25) is 5.15 Å². The Bertz CT molecular complexity index is 239. The van der Waals surface area contributed by atoms with Crippen LogP contribution in [0.15, 0.2) is 12.1 Å². The second-order valence-electron chi connectivity index (χ2n) is 1.81. The highest BCUT2D eigenvalue weighted by Crippen LogP contribution is 2.15. The average Bonchev–Trinajstić information content (AvgIpc) is 1.88. The predicted octanol–water partition coefficient (Wildman–Crippen LogP) is 2.21. The largest absolute Gasteiger partial charge is 0.383 e. The molecule has 0 aliphatic heterocycles. The molecular weight excluding hydrogens is 215 g/mol. The number of rotatable bonds is 1. The lowest BCUT2D eigenvalue weighted by atomic mass is 10.3. The smallest absolute Gasteiger partial charge is 0.131 e. The summed E-state index contributed by atoms with van der Waals surface area (Å²) in [6.07, 6.45) is 0. The van der Waals surface area contributed by atoms with Gasteiger partial charge in [-0.15, -0.1) is 0 Å². The Balaban J connectivity index is 3.07. The maximum Gasteiger partial charge on any atom is 0.131 e. The van der Waals surface area contributed by atoms with Crippen molar-refractivity contribution in [3.05, 3.63) is 22.8 Å². The highest BCUT2D eigenvalue weighted by molar-refractivity contribution is 9.08. The van der Waals surface area contributed by atoms with Gasteiger partial charge in [-0.25, -0.2) is 4.98 Å². The molecule has 1 heterocycles. The Kier molecular flexibility index (Phi) is 2.51. The first-order valence-corrected chi connectivity index (χ1v) is 4.21. The first-order valence-electron chi connectivity index (χ1n) is 2.71. The number of nitrogen functional groups attached to an aromatic ring is 1.